The number of rotatable bonds is 6. The van der Waals surface area contributed by atoms with E-state index in [1.807, 2.05) is 0 Å². The number of alkyl halides is 3. The van der Waals surface area contributed by atoms with Gasteiger partial charge < -0.3 is 15.4 Å². The van der Waals surface area contributed by atoms with E-state index in [1.54, 1.807) is 42.5 Å². The van der Waals surface area contributed by atoms with Gasteiger partial charge in [0.05, 0.1) is 6.61 Å². The molecule has 1 aliphatic heterocycles. The largest absolute Gasteiger partial charge is 0.411 e. The molecule has 0 saturated heterocycles. The average molecular weight is 392 g/mol. The van der Waals surface area contributed by atoms with Crippen LogP contribution in [0, 0.1) is 0 Å². The summed E-state index contributed by atoms with van der Waals surface area (Å²) in [5, 5.41) is 5.58. The molecule has 0 spiro atoms. The summed E-state index contributed by atoms with van der Waals surface area (Å²) in [5.74, 6) is -0.269. The average Bonchev–Trinajstić information content (AvgIpc) is 2.65. The van der Waals surface area contributed by atoms with Crippen LogP contribution in [0.5, 0.6) is 0 Å². The normalized spacial score (nSPS) is 13.6. The van der Waals surface area contributed by atoms with Gasteiger partial charge >= 0.3 is 6.18 Å². The summed E-state index contributed by atoms with van der Waals surface area (Å²) in [7, 11) is 0. The first-order valence-electron chi connectivity index (χ1n) is 8.73. The second kappa shape index (κ2) is 8.43. The van der Waals surface area contributed by atoms with Crippen molar-refractivity contribution in [3.8, 4) is 0 Å². The molecule has 2 aromatic carbocycles. The molecule has 0 unspecified atom stereocenters. The minimum absolute atomic E-state index is 0.0306. The number of carbonyl (C=O) groups is 2. The third kappa shape index (κ3) is 5.56. The lowest BCUT2D eigenvalue weighted by atomic mass is 10.00. The lowest BCUT2D eigenvalue weighted by Crippen LogP contribution is -2.24. The fourth-order valence-electron chi connectivity index (χ4n) is 2.85. The molecule has 28 heavy (non-hydrogen) atoms. The van der Waals surface area contributed by atoms with Crippen LogP contribution in [-0.4, -0.2) is 24.6 Å². The maximum absolute atomic E-state index is 12.3. The molecular formula is C20H19F3N2O3. The number of aryl methyl sites for hydroxylation is 1. The highest BCUT2D eigenvalue weighted by molar-refractivity contribution is 5.97. The fraction of sp³-hybridized carbons (Fsp3) is 0.300. The van der Waals surface area contributed by atoms with Crippen LogP contribution >= 0.6 is 0 Å². The number of ether oxygens (including phenoxy) is 1. The highest BCUT2D eigenvalue weighted by Crippen LogP contribution is 2.23. The van der Waals surface area contributed by atoms with E-state index < -0.39 is 12.8 Å². The van der Waals surface area contributed by atoms with Crippen molar-refractivity contribution in [3.05, 3.63) is 64.7 Å². The molecule has 0 aliphatic carbocycles. The van der Waals surface area contributed by atoms with Gasteiger partial charge in [-0.05, 0) is 41.3 Å². The van der Waals surface area contributed by atoms with Crippen LogP contribution in [0.4, 0.5) is 18.9 Å². The Morgan fingerprint density at radius 2 is 1.79 bits per heavy atom. The molecule has 2 aromatic rings. The molecule has 1 aliphatic rings. The topological polar surface area (TPSA) is 67.4 Å². The predicted octanol–water partition coefficient (Wildman–Crippen LogP) is 3.58. The second-order valence-electron chi connectivity index (χ2n) is 6.53. The van der Waals surface area contributed by atoms with Crippen LogP contribution in [-0.2, 0) is 29.1 Å². The number of hydrogen-bond donors (Lipinski definition) is 2. The maximum Gasteiger partial charge on any atom is 0.411 e. The minimum Gasteiger partial charge on any atom is -0.367 e. The molecule has 148 valence electrons. The van der Waals surface area contributed by atoms with Crippen molar-refractivity contribution in [3.63, 3.8) is 0 Å². The van der Waals surface area contributed by atoms with E-state index in [0.29, 0.717) is 24.0 Å². The highest BCUT2D eigenvalue weighted by atomic mass is 19.4. The van der Waals surface area contributed by atoms with E-state index >= 15 is 0 Å². The van der Waals surface area contributed by atoms with E-state index in [2.05, 4.69) is 15.4 Å². The molecule has 0 radical (unpaired) electrons. The van der Waals surface area contributed by atoms with Gasteiger partial charge in [-0.25, -0.2) is 0 Å². The van der Waals surface area contributed by atoms with Gasteiger partial charge in [-0.1, -0.05) is 24.3 Å². The van der Waals surface area contributed by atoms with Gasteiger partial charge in [0.1, 0.15) is 6.61 Å². The zero-order valence-corrected chi connectivity index (χ0v) is 14.9. The van der Waals surface area contributed by atoms with Crippen LogP contribution in [0.2, 0.25) is 0 Å². The van der Waals surface area contributed by atoms with E-state index in [0.717, 1.165) is 16.8 Å². The first-order chi connectivity index (χ1) is 13.3. The number of anilines is 1. The molecule has 8 heteroatoms. The molecule has 3 rings (SSSR count). The van der Waals surface area contributed by atoms with Crippen LogP contribution in [0.1, 0.15) is 33.5 Å². The van der Waals surface area contributed by atoms with Crippen molar-refractivity contribution in [1.82, 2.24) is 5.32 Å². The number of amides is 2. The van der Waals surface area contributed by atoms with E-state index in [4.69, 9.17) is 0 Å². The van der Waals surface area contributed by atoms with Gasteiger partial charge in [-0.3, -0.25) is 9.59 Å². The molecule has 0 aromatic heterocycles. The lowest BCUT2D eigenvalue weighted by molar-refractivity contribution is -0.176. The number of benzene rings is 2. The quantitative estimate of drug-likeness (QED) is 0.790. The minimum atomic E-state index is -4.34. The molecular weight excluding hydrogens is 373 g/mol. The molecule has 5 nitrogen and oxygen atoms in total. The van der Waals surface area contributed by atoms with E-state index in [-0.39, 0.29) is 25.0 Å². The van der Waals surface area contributed by atoms with E-state index in [9.17, 15) is 22.8 Å². The summed E-state index contributed by atoms with van der Waals surface area (Å²) < 4.78 is 40.8. The van der Waals surface area contributed by atoms with Gasteiger partial charge in [0.2, 0.25) is 5.91 Å². The lowest BCUT2D eigenvalue weighted by Gasteiger charge is -2.17. The number of fused-ring (bicyclic) bond motifs is 1. The maximum atomic E-state index is 12.3. The van der Waals surface area contributed by atoms with Crippen LogP contribution in [0.15, 0.2) is 42.5 Å². The SMILES string of the molecule is O=C1CCc2cc(C(=O)NCc3ccc(COCC(F)(F)F)cc3)ccc2N1. The third-order valence-electron chi connectivity index (χ3n) is 4.27. The number of hydrogen-bond acceptors (Lipinski definition) is 3. The molecule has 0 saturated carbocycles. The highest BCUT2D eigenvalue weighted by Gasteiger charge is 2.27. The number of nitrogens with one attached hydrogen (secondary N) is 2. The molecule has 2 N–H and O–H groups in total. The standard InChI is InChI=1S/C20H19F3N2O3/c21-20(22,23)12-28-11-14-3-1-13(2-4-14)10-24-19(27)16-5-7-17-15(9-16)6-8-18(26)25-17/h1-5,7,9H,6,8,10-12H2,(H,24,27)(H,25,26). The van der Waals surface area contributed by atoms with Gasteiger partial charge in [-0.15, -0.1) is 0 Å². The van der Waals surface area contributed by atoms with Crippen molar-refractivity contribution < 1.29 is 27.5 Å². The zero-order chi connectivity index (χ0) is 20.1. The number of carbonyl (C=O) groups excluding carboxylic acids is 2. The molecule has 1 heterocycles. The van der Waals surface area contributed by atoms with Crippen molar-refractivity contribution in [2.75, 3.05) is 11.9 Å². The summed E-state index contributed by atoms with van der Waals surface area (Å²) in [4.78, 5) is 23.7. The Labute approximate surface area is 159 Å². The molecule has 0 atom stereocenters. The summed E-state index contributed by atoms with van der Waals surface area (Å²) >= 11 is 0. The summed E-state index contributed by atoms with van der Waals surface area (Å²) in [6.45, 7) is -1.12. The van der Waals surface area contributed by atoms with Crippen molar-refractivity contribution in [1.29, 1.82) is 0 Å². The Kier molecular flexibility index (Phi) is 5.99. The Morgan fingerprint density at radius 3 is 2.50 bits per heavy atom. The molecule has 2 amide bonds. The van der Waals surface area contributed by atoms with Crippen molar-refractivity contribution >= 4 is 17.5 Å². The van der Waals surface area contributed by atoms with E-state index in [1.165, 1.54) is 0 Å². The smallest absolute Gasteiger partial charge is 0.367 e. The predicted molar refractivity (Wildman–Crippen MR) is 96.7 cm³/mol. The monoisotopic (exact) mass is 392 g/mol. The first-order valence-corrected chi connectivity index (χ1v) is 8.73. The van der Waals surface area contributed by atoms with Crippen LogP contribution in [0.25, 0.3) is 0 Å². The fourth-order valence-corrected chi connectivity index (χ4v) is 2.85. The Hall–Kier alpha value is -2.87. The molecule has 0 fully saturated rings. The Morgan fingerprint density at radius 1 is 1.07 bits per heavy atom. The number of halogens is 3. The van der Waals surface area contributed by atoms with Gasteiger partial charge in [0.15, 0.2) is 0 Å². The summed E-state index contributed by atoms with van der Waals surface area (Å²) in [6.07, 6.45) is -3.34. The van der Waals surface area contributed by atoms with Crippen LogP contribution < -0.4 is 10.6 Å². The van der Waals surface area contributed by atoms with Crippen LogP contribution in [0.3, 0.4) is 0 Å². The van der Waals surface area contributed by atoms with Gasteiger partial charge in [0.25, 0.3) is 5.91 Å². The molecule has 0 bridgehead atoms. The van der Waals surface area contributed by atoms with Gasteiger partial charge in [-0.2, -0.15) is 13.2 Å². The third-order valence-corrected chi connectivity index (χ3v) is 4.27. The van der Waals surface area contributed by atoms with Crippen molar-refractivity contribution in [2.45, 2.75) is 32.2 Å². The first kappa shape index (κ1) is 19.9. The Bertz CT molecular complexity index is 864. The van der Waals surface area contributed by atoms with Gasteiger partial charge in [0, 0.05) is 24.2 Å². The Balaban J connectivity index is 1.51. The zero-order valence-electron chi connectivity index (χ0n) is 14.9. The summed E-state index contributed by atoms with van der Waals surface area (Å²) in [5.41, 5.74) is 3.60. The second-order valence-corrected chi connectivity index (χ2v) is 6.53. The summed E-state index contributed by atoms with van der Waals surface area (Å²) in [6, 6.07) is 11.9. The van der Waals surface area contributed by atoms with Crippen molar-refractivity contribution in [2.24, 2.45) is 0 Å².